The van der Waals surface area contributed by atoms with E-state index in [4.69, 9.17) is 0 Å². The van der Waals surface area contributed by atoms with Gasteiger partial charge in [0.25, 0.3) is 0 Å². The molecular weight excluding hydrogens is 342 g/mol. The highest BCUT2D eigenvalue weighted by molar-refractivity contribution is 9.10. The Morgan fingerprint density at radius 1 is 1.35 bits per heavy atom. The lowest BCUT2D eigenvalue weighted by Gasteiger charge is -2.24. The van der Waals surface area contributed by atoms with Gasteiger partial charge in [0.15, 0.2) is 0 Å². The fraction of sp³-hybridized carbons (Fsp3) is 0.571. The molecule has 0 radical (unpaired) electrons. The Labute approximate surface area is 121 Å². The molecule has 1 unspecified atom stereocenters. The predicted octanol–water partition coefficient (Wildman–Crippen LogP) is 4.59. The van der Waals surface area contributed by atoms with Crippen LogP contribution in [-0.2, 0) is 6.54 Å². The number of halogens is 2. The standard InChI is InChI=1S/C14H19Br2N/c15-8-2-6-14-7-3-9-17(14)11-12-4-1-5-13(16)10-12/h1,4-5,10,14H,2-3,6-9,11H2. The molecule has 0 bridgehead atoms. The number of likely N-dealkylation sites (tertiary alicyclic amines) is 1. The minimum atomic E-state index is 0.798. The van der Waals surface area contributed by atoms with Crippen molar-refractivity contribution in [1.82, 2.24) is 4.90 Å². The molecule has 0 N–H and O–H groups in total. The molecule has 0 spiro atoms. The molecular formula is C14H19Br2N. The number of hydrogen-bond acceptors (Lipinski definition) is 1. The number of benzene rings is 1. The molecule has 1 aliphatic rings. The number of nitrogens with zero attached hydrogens (tertiary/aromatic N) is 1. The number of hydrogen-bond donors (Lipinski definition) is 0. The SMILES string of the molecule is BrCCCC1CCCN1Cc1cccc(Br)c1. The summed E-state index contributed by atoms with van der Waals surface area (Å²) >= 11 is 7.07. The van der Waals surface area contributed by atoms with Crippen molar-refractivity contribution in [2.24, 2.45) is 0 Å². The Balaban J connectivity index is 1.93. The van der Waals surface area contributed by atoms with Crippen molar-refractivity contribution in [3.63, 3.8) is 0 Å². The third-order valence-electron chi connectivity index (χ3n) is 3.44. The van der Waals surface area contributed by atoms with Crippen molar-refractivity contribution in [3.05, 3.63) is 34.3 Å². The lowest BCUT2D eigenvalue weighted by molar-refractivity contribution is 0.234. The highest BCUT2D eigenvalue weighted by Crippen LogP contribution is 2.24. The molecule has 1 nitrogen and oxygen atoms in total. The monoisotopic (exact) mass is 359 g/mol. The van der Waals surface area contributed by atoms with E-state index in [1.165, 1.54) is 42.3 Å². The maximum atomic E-state index is 3.54. The Bertz CT molecular complexity index is 354. The normalized spacial score (nSPS) is 20.9. The van der Waals surface area contributed by atoms with E-state index in [-0.39, 0.29) is 0 Å². The molecule has 1 atom stereocenters. The molecule has 17 heavy (non-hydrogen) atoms. The lowest BCUT2D eigenvalue weighted by Crippen LogP contribution is -2.28. The highest BCUT2D eigenvalue weighted by Gasteiger charge is 2.23. The Morgan fingerprint density at radius 2 is 2.24 bits per heavy atom. The average Bonchev–Trinajstić information content (AvgIpc) is 2.74. The van der Waals surface area contributed by atoms with Gasteiger partial charge >= 0.3 is 0 Å². The van der Waals surface area contributed by atoms with Gasteiger partial charge in [0, 0.05) is 22.4 Å². The third-order valence-corrected chi connectivity index (χ3v) is 4.50. The van der Waals surface area contributed by atoms with Crippen molar-refractivity contribution in [1.29, 1.82) is 0 Å². The van der Waals surface area contributed by atoms with Crippen molar-refractivity contribution in [2.45, 2.75) is 38.3 Å². The van der Waals surface area contributed by atoms with Gasteiger partial charge in [0.1, 0.15) is 0 Å². The van der Waals surface area contributed by atoms with E-state index >= 15 is 0 Å². The Hall–Kier alpha value is 0.140. The highest BCUT2D eigenvalue weighted by atomic mass is 79.9. The first-order valence-corrected chi connectivity index (χ1v) is 8.25. The molecule has 3 heteroatoms. The largest absolute Gasteiger partial charge is 0.296 e. The topological polar surface area (TPSA) is 3.24 Å². The summed E-state index contributed by atoms with van der Waals surface area (Å²) < 4.78 is 1.19. The second-order valence-corrected chi connectivity index (χ2v) is 6.44. The summed E-state index contributed by atoms with van der Waals surface area (Å²) in [5, 5.41) is 1.13. The zero-order chi connectivity index (χ0) is 12.1. The lowest BCUT2D eigenvalue weighted by atomic mass is 10.1. The summed E-state index contributed by atoms with van der Waals surface area (Å²) in [6.07, 6.45) is 5.36. The molecule has 94 valence electrons. The summed E-state index contributed by atoms with van der Waals surface area (Å²) in [7, 11) is 0. The molecule has 0 aliphatic carbocycles. The molecule has 1 aliphatic heterocycles. The predicted molar refractivity (Wildman–Crippen MR) is 80.6 cm³/mol. The van der Waals surface area contributed by atoms with Crippen LogP contribution in [0, 0.1) is 0 Å². The van der Waals surface area contributed by atoms with Crippen LogP contribution in [-0.4, -0.2) is 22.8 Å². The minimum absolute atomic E-state index is 0.798. The first-order valence-electron chi connectivity index (χ1n) is 6.34. The third kappa shape index (κ3) is 4.08. The van der Waals surface area contributed by atoms with Gasteiger partial charge in [-0.2, -0.15) is 0 Å². The van der Waals surface area contributed by atoms with Crippen LogP contribution in [0.15, 0.2) is 28.7 Å². The van der Waals surface area contributed by atoms with Crippen molar-refractivity contribution in [3.8, 4) is 0 Å². The van der Waals surface area contributed by atoms with Gasteiger partial charge in [-0.15, -0.1) is 0 Å². The van der Waals surface area contributed by atoms with E-state index in [0.717, 1.165) is 17.9 Å². The average molecular weight is 361 g/mol. The van der Waals surface area contributed by atoms with Gasteiger partial charge in [0.2, 0.25) is 0 Å². The van der Waals surface area contributed by atoms with E-state index < -0.39 is 0 Å². The van der Waals surface area contributed by atoms with Gasteiger partial charge in [-0.05, 0) is 49.9 Å². The first kappa shape index (κ1) is 13.6. The van der Waals surface area contributed by atoms with E-state index in [1.54, 1.807) is 0 Å². The summed E-state index contributed by atoms with van der Waals surface area (Å²) in [5.41, 5.74) is 1.42. The maximum Gasteiger partial charge on any atom is 0.0237 e. The molecule has 0 aromatic heterocycles. The summed E-state index contributed by atoms with van der Waals surface area (Å²) in [6.45, 7) is 2.37. The van der Waals surface area contributed by atoms with Gasteiger partial charge in [0.05, 0.1) is 0 Å². The van der Waals surface area contributed by atoms with Crippen LogP contribution in [0.5, 0.6) is 0 Å². The zero-order valence-electron chi connectivity index (χ0n) is 10.0. The van der Waals surface area contributed by atoms with E-state index in [2.05, 4.69) is 61.0 Å². The fourth-order valence-electron chi connectivity index (χ4n) is 2.61. The van der Waals surface area contributed by atoms with Crippen LogP contribution >= 0.6 is 31.9 Å². The van der Waals surface area contributed by atoms with Gasteiger partial charge in [-0.25, -0.2) is 0 Å². The molecule has 0 saturated carbocycles. The van der Waals surface area contributed by atoms with Gasteiger partial charge in [-0.1, -0.05) is 44.0 Å². The smallest absolute Gasteiger partial charge is 0.0237 e. The summed E-state index contributed by atoms with van der Waals surface area (Å²) in [5.74, 6) is 0. The van der Waals surface area contributed by atoms with Crippen LogP contribution in [0.25, 0.3) is 0 Å². The van der Waals surface area contributed by atoms with E-state index in [0.29, 0.717) is 0 Å². The second-order valence-electron chi connectivity index (χ2n) is 4.73. The summed E-state index contributed by atoms with van der Waals surface area (Å²) in [4.78, 5) is 2.64. The van der Waals surface area contributed by atoms with Crippen LogP contribution in [0.1, 0.15) is 31.2 Å². The van der Waals surface area contributed by atoms with Gasteiger partial charge < -0.3 is 0 Å². The van der Waals surface area contributed by atoms with Crippen molar-refractivity contribution < 1.29 is 0 Å². The Morgan fingerprint density at radius 3 is 3.00 bits per heavy atom. The first-order chi connectivity index (χ1) is 8.29. The Kier molecular flexibility index (Phi) is 5.51. The fourth-order valence-corrected chi connectivity index (χ4v) is 3.38. The van der Waals surface area contributed by atoms with Crippen LogP contribution in [0.3, 0.4) is 0 Å². The van der Waals surface area contributed by atoms with Crippen molar-refractivity contribution in [2.75, 3.05) is 11.9 Å². The number of rotatable bonds is 5. The molecule has 0 amide bonds. The van der Waals surface area contributed by atoms with E-state index in [9.17, 15) is 0 Å². The van der Waals surface area contributed by atoms with Crippen LogP contribution in [0.2, 0.25) is 0 Å². The quantitative estimate of drug-likeness (QED) is 0.694. The molecule has 2 rings (SSSR count). The molecule has 1 aromatic carbocycles. The second kappa shape index (κ2) is 6.91. The molecule has 1 aromatic rings. The van der Waals surface area contributed by atoms with Crippen LogP contribution in [0.4, 0.5) is 0 Å². The maximum absolute atomic E-state index is 3.54. The van der Waals surface area contributed by atoms with Crippen molar-refractivity contribution >= 4 is 31.9 Å². The summed E-state index contributed by atoms with van der Waals surface area (Å²) in [6, 6.07) is 9.48. The van der Waals surface area contributed by atoms with Crippen LogP contribution < -0.4 is 0 Å². The van der Waals surface area contributed by atoms with Gasteiger partial charge in [-0.3, -0.25) is 4.90 Å². The molecule has 1 saturated heterocycles. The molecule has 1 heterocycles. The zero-order valence-corrected chi connectivity index (χ0v) is 13.2. The molecule has 1 fully saturated rings. The van der Waals surface area contributed by atoms with E-state index in [1.807, 2.05) is 0 Å². The minimum Gasteiger partial charge on any atom is -0.296 e. The number of alkyl halides is 1.